The van der Waals surface area contributed by atoms with E-state index in [1.165, 1.54) is 11.3 Å². The highest BCUT2D eigenvalue weighted by Gasteiger charge is 2.20. The lowest BCUT2D eigenvalue weighted by Crippen LogP contribution is -1.96. The van der Waals surface area contributed by atoms with Gasteiger partial charge in [0.2, 0.25) is 0 Å². The van der Waals surface area contributed by atoms with Gasteiger partial charge >= 0.3 is 0 Å². The highest BCUT2D eigenvalue weighted by Crippen LogP contribution is 2.40. The van der Waals surface area contributed by atoms with Gasteiger partial charge in [-0.1, -0.05) is 27.5 Å². The smallest absolute Gasteiger partial charge is 0.142 e. The van der Waals surface area contributed by atoms with Gasteiger partial charge in [-0.05, 0) is 41.1 Å². The van der Waals surface area contributed by atoms with Gasteiger partial charge in [0, 0.05) is 19.8 Å². The van der Waals surface area contributed by atoms with Crippen LogP contribution in [0.25, 0.3) is 0 Å². The van der Waals surface area contributed by atoms with Crippen molar-refractivity contribution in [2.75, 3.05) is 0 Å². The summed E-state index contributed by atoms with van der Waals surface area (Å²) in [6, 6.07) is 4.02. The van der Waals surface area contributed by atoms with E-state index in [-0.39, 0.29) is 15.4 Å². The molecule has 0 amide bonds. The second-order valence-electron chi connectivity index (χ2n) is 3.70. The van der Waals surface area contributed by atoms with Crippen LogP contribution in [0.15, 0.2) is 22.7 Å². The van der Waals surface area contributed by atoms with Gasteiger partial charge in [-0.25, -0.2) is 8.78 Å². The van der Waals surface area contributed by atoms with Crippen LogP contribution in [0.4, 0.5) is 8.78 Å². The molecule has 0 radical (unpaired) electrons. The van der Waals surface area contributed by atoms with Crippen LogP contribution in [0, 0.1) is 18.6 Å². The molecule has 0 aliphatic rings. The van der Waals surface area contributed by atoms with Crippen molar-refractivity contribution in [1.29, 1.82) is 0 Å². The fraction of sp³-hybridized carbons (Fsp3) is 0.167. The number of halogens is 5. The molecule has 0 saturated carbocycles. The topological polar surface area (TPSA) is 0 Å². The highest BCUT2D eigenvalue weighted by atomic mass is 79.9. The van der Waals surface area contributed by atoms with Crippen LogP contribution in [0.3, 0.4) is 0 Å². The highest BCUT2D eigenvalue weighted by molar-refractivity contribution is 9.10. The summed E-state index contributed by atoms with van der Waals surface area (Å²) in [5, 5.41) is -0.209. The quantitative estimate of drug-likeness (QED) is 0.402. The minimum absolute atomic E-state index is 0.209. The molecule has 1 atom stereocenters. The van der Waals surface area contributed by atoms with Crippen molar-refractivity contribution in [1.82, 2.24) is 0 Å². The molecule has 2 rings (SSSR count). The molecule has 1 aromatic heterocycles. The van der Waals surface area contributed by atoms with Crippen molar-refractivity contribution >= 4 is 54.8 Å². The van der Waals surface area contributed by atoms with Crippen LogP contribution in [-0.4, -0.2) is 0 Å². The summed E-state index contributed by atoms with van der Waals surface area (Å²) in [4.78, 5) is 1.60. The van der Waals surface area contributed by atoms with Gasteiger partial charge in [-0.15, -0.1) is 11.3 Å². The first kappa shape index (κ1) is 14.4. The summed E-state index contributed by atoms with van der Waals surface area (Å²) >= 11 is 13.8. The normalized spacial score (nSPS) is 12.8. The van der Waals surface area contributed by atoms with Gasteiger partial charge in [0.25, 0.3) is 0 Å². The predicted molar refractivity (Wildman–Crippen MR) is 78.9 cm³/mol. The fourth-order valence-electron chi connectivity index (χ4n) is 1.49. The number of benzene rings is 1. The van der Waals surface area contributed by atoms with E-state index >= 15 is 0 Å². The lowest BCUT2D eigenvalue weighted by atomic mass is 10.1. The summed E-state index contributed by atoms with van der Waals surface area (Å²) in [5.74, 6) is -1.14. The van der Waals surface area contributed by atoms with Gasteiger partial charge in [0.05, 0.1) is 9.85 Å². The summed E-state index contributed by atoms with van der Waals surface area (Å²) in [7, 11) is 0. The van der Waals surface area contributed by atoms with E-state index in [4.69, 9.17) is 11.6 Å². The molecule has 0 bridgehead atoms. The Morgan fingerprint density at radius 3 is 2.44 bits per heavy atom. The second kappa shape index (κ2) is 5.57. The third kappa shape index (κ3) is 2.79. The third-order valence-electron chi connectivity index (χ3n) is 2.44. The van der Waals surface area contributed by atoms with Crippen LogP contribution in [0.2, 0.25) is 5.02 Å². The molecule has 2 aromatic rings. The van der Waals surface area contributed by atoms with E-state index < -0.39 is 11.6 Å². The average molecular weight is 417 g/mol. The molecular formula is C12H7Br2ClF2S. The van der Waals surface area contributed by atoms with Crippen molar-refractivity contribution in [2.24, 2.45) is 0 Å². The van der Waals surface area contributed by atoms with E-state index in [2.05, 4.69) is 31.9 Å². The van der Waals surface area contributed by atoms with Crippen molar-refractivity contribution in [3.05, 3.63) is 54.6 Å². The van der Waals surface area contributed by atoms with Crippen molar-refractivity contribution in [3.63, 3.8) is 0 Å². The van der Waals surface area contributed by atoms with E-state index in [9.17, 15) is 8.78 Å². The lowest BCUT2D eigenvalue weighted by Gasteiger charge is -2.10. The van der Waals surface area contributed by atoms with E-state index in [1.807, 2.05) is 13.0 Å². The van der Waals surface area contributed by atoms with Gasteiger partial charge in [0.1, 0.15) is 11.6 Å². The second-order valence-corrected chi connectivity index (χ2v) is 7.17. The first-order chi connectivity index (χ1) is 8.40. The molecule has 96 valence electrons. The number of thiophene rings is 1. The molecule has 6 heteroatoms. The Morgan fingerprint density at radius 2 is 1.89 bits per heavy atom. The largest absolute Gasteiger partial charge is 0.207 e. The van der Waals surface area contributed by atoms with Crippen LogP contribution < -0.4 is 0 Å². The Hall–Kier alpha value is 0.0300. The SMILES string of the molecule is Cc1sc(C(Br)c2cc(F)c(Cl)cc2F)cc1Br. The number of alkyl halides is 1. The molecule has 0 spiro atoms. The molecule has 0 fully saturated rings. The Balaban J connectivity index is 2.45. The zero-order valence-corrected chi connectivity index (χ0v) is 13.9. The first-order valence-electron chi connectivity index (χ1n) is 4.94. The molecule has 1 heterocycles. The maximum atomic E-state index is 13.8. The molecule has 1 aromatic carbocycles. The Labute approximate surface area is 129 Å². The predicted octanol–water partition coefficient (Wildman–Crippen LogP) is 6.23. The van der Waals surface area contributed by atoms with Crippen molar-refractivity contribution in [2.45, 2.75) is 11.8 Å². The Bertz CT molecular complexity index is 579. The number of aryl methyl sites for hydroxylation is 1. The summed E-state index contributed by atoms with van der Waals surface area (Å²) in [6.45, 7) is 1.96. The Kier molecular flexibility index (Phi) is 4.47. The van der Waals surface area contributed by atoms with Crippen LogP contribution in [0.5, 0.6) is 0 Å². The van der Waals surface area contributed by atoms with E-state index in [1.54, 1.807) is 0 Å². The number of hydrogen-bond acceptors (Lipinski definition) is 1. The lowest BCUT2D eigenvalue weighted by molar-refractivity contribution is 0.589. The van der Waals surface area contributed by atoms with Crippen LogP contribution in [0.1, 0.15) is 20.1 Å². The summed E-state index contributed by atoms with van der Waals surface area (Å²) in [6.07, 6.45) is 0. The van der Waals surface area contributed by atoms with Gasteiger partial charge < -0.3 is 0 Å². The minimum Gasteiger partial charge on any atom is -0.207 e. The molecule has 0 nitrogen and oxygen atoms in total. The minimum atomic E-state index is -0.620. The molecule has 18 heavy (non-hydrogen) atoms. The summed E-state index contributed by atoms with van der Waals surface area (Å²) < 4.78 is 28.1. The van der Waals surface area contributed by atoms with Crippen LogP contribution in [-0.2, 0) is 0 Å². The number of hydrogen-bond donors (Lipinski definition) is 0. The molecule has 1 unspecified atom stereocenters. The first-order valence-corrected chi connectivity index (χ1v) is 7.84. The van der Waals surface area contributed by atoms with Gasteiger partial charge in [0.15, 0.2) is 0 Å². The molecular weight excluding hydrogens is 409 g/mol. The Morgan fingerprint density at radius 1 is 1.22 bits per heavy atom. The maximum Gasteiger partial charge on any atom is 0.142 e. The zero-order chi connectivity index (χ0) is 13.4. The maximum absolute atomic E-state index is 13.8. The molecule has 0 N–H and O–H groups in total. The molecule has 0 aliphatic heterocycles. The average Bonchev–Trinajstić information content (AvgIpc) is 2.63. The fourth-order valence-corrected chi connectivity index (χ4v) is 3.96. The third-order valence-corrected chi connectivity index (χ3v) is 6.22. The monoisotopic (exact) mass is 414 g/mol. The number of rotatable bonds is 2. The molecule has 0 aliphatic carbocycles. The standard InChI is InChI=1S/C12H7Br2ClF2S/c1-5-7(13)3-11(18-5)12(14)6-2-10(17)8(15)4-9(6)16/h2-4,12H,1H3. The zero-order valence-electron chi connectivity index (χ0n) is 9.11. The van der Waals surface area contributed by atoms with Gasteiger partial charge in [-0.2, -0.15) is 0 Å². The van der Waals surface area contributed by atoms with E-state index in [0.717, 1.165) is 26.4 Å². The van der Waals surface area contributed by atoms with Crippen molar-refractivity contribution < 1.29 is 8.78 Å². The van der Waals surface area contributed by atoms with Gasteiger partial charge in [-0.3, -0.25) is 0 Å². The van der Waals surface area contributed by atoms with Crippen LogP contribution >= 0.6 is 54.8 Å². The summed E-state index contributed by atoms with van der Waals surface area (Å²) in [5.41, 5.74) is 0.241. The molecule has 0 saturated heterocycles. The van der Waals surface area contributed by atoms with E-state index in [0.29, 0.717) is 0 Å². The van der Waals surface area contributed by atoms with Crippen molar-refractivity contribution in [3.8, 4) is 0 Å².